The fraction of sp³-hybridized carbons (Fsp3) is 0. The van der Waals surface area contributed by atoms with Crippen LogP contribution in [0.5, 0.6) is 0 Å². The number of hydrogen-bond donors (Lipinski definition) is 2. The highest BCUT2D eigenvalue weighted by Gasteiger charge is 2.08. The number of halogens is 3. The molecule has 0 bridgehead atoms. The third-order valence-corrected chi connectivity index (χ3v) is 3.85. The fourth-order valence-electron chi connectivity index (χ4n) is 1.73. The maximum atomic E-state index is 12.2. The Morgan fingerprint density at radius 1 is 1.13 bits per heavy atom. The van der Waals surface area contributed by atoms with Gasteiger partial charge in [-0.25, -0.2) is 5.43 Å². The molecule has 8 heteroatoms. The molecule has 2 rings (SSSR count). The third kappa shape index (κ3) is 5.16. The lowest BCUT2D eigenvalue weighted by Gasteiger charge is -2.05. The number of rotatable bonds is 4. The Labute approximate surface area is 154 Å². The number of hydrogen-bond acceptors (Lipinski definition) is 4. The maximum absolute atomic E-state index is 12.2. The number of amides is 1. The minimum Gasteiger partial charge on any atom is -0.411 e. The molecule has 0 aliphatic carbocycles. The molecule has 0 saturated carbocycles. The normalized spacial score (nSPS) is 11.7. The number of hydrazone groups is 1. The van der Waals surface area contributed by atoms with Crippen molar-refractivity contribution < 1.29 is 10.0 Å². The highest BCUT2D eigenvalue weighted by atomic mass is 79.9. The molecule has 0 saturated heterocycles. The highest BCUT2D eigenvalue weighted by molar-refractivity contribution is 9.11. The number of benzene rings is 2. The van der Waals surface area contributed by atoms with Crippen molar-refractivity contribution in [3.05, 3.63) is 67.6 Å². The molecule has 0 radical (unpaired) electrons. The first-order valence-electron chi connectivity index (χ1n) is 6.27. The largest absolute Gasteiger partial charge is 0.411 e. The smallest absolute Gasteiger partial charge is 0.271 e. The number of nitrogens with one attached hydrogen (secondary N) is 1. The van der Waals surface area contributed by atoms with Gasteiger partial charge in [-0.05, 0) is 30.3 Å². The quantitative estimate of drug-likeness (QED) is 0.403. The molecule has 0 unspecified atom stereocenters. The lowest BCUT2D eigenvalue weighted by Crippen LogP contribution is -2.20. The summed E-state index contributed by atoms with van der Waals surface area (Å²) in [5, 5.41) is 16.2. The zero-order valence-corrected chi connectivity index (χ0v) is 15.4. The molecule has 1 amide bonds. The predicted molar refractivity (Wildman–Crippen MR) is 97.6 cm³/mol. The van der Waals surface area contributed by atoms with Crippen LogP contribution in [0.3, 0.4) is 0 Å². The van der Waals surface area contributed by atoms with E-state index in [1.807, 2.05) is 6.07 Å². The van der Waals surface area contributed by atoms with Gasteiger partial charge in [0.05, 0.1) is 6.21 Å². The van der Waals surface area contributed by atoms with Crippen LogP contribution < -0.4 is 5.43 Å². The molecule has 0 spiro atoms. The summed E-state index contributed by atoms with van der Waals surface area (Å²) < 4.78 is 1.51. The maximum Gasteiger partial charge on any atom is 0.271 e. The molecule has 2 aromatic rings. The number of oxime groups is 1. The Bertz CT molecular complexity index is 774. The zero-order valence-electron chi connectivity index (χ0n) is 11.5. The van der Waals surface area contributed by atoms with Crippen LogP contribution >= 0.6 is 43.5 Å². The first-order chi connectivity index (χ1) is 11.0. The van der Waals surface area contributed by atoms with Crippen molar-refractivity contribution in [3.63, 3.8) is 0 Å². The molecule has 0 aromatic heterocycles. The van der Waals surface area contributed by atoms with Crippen LogP contribution in [0.4, 0.5) is 0 Å². The van der Waals surface area contributed by atoms with Gasteiger partial charge < -0.3 is 5.21 Å². The second-order valence-corrected chi connectivity index (χ2v) is 6.62. The lowest BCUT2D eigenvalue weighted by atomic mass is 10.1. The minimum absolute atomic E-state index is 0.261. The SMILES string of the molecule is O=C(NN=C(C=NO)c1cccc(Cl)c1)c1cc(Br)cc(Br)c1. The van der Waals surface area contributed by atoms with Crippen LogP contribution in [0.1, 0.15) is 15.9 Å². The van der Waals surface area contributed by atoms with E-state index in [9.17, 15) is 4.79 Å². The Kier molecular flexibility index (Phi) is 6.32. The fourth-order valence-corrected chi connectivity index (χ4v) is 3.21. The molecule has 23 heavy (non-hydrogen) atoms. The summed E-state index contributed by atoms with van der Waals surface area (Å²) in [5.41, 5.74) is 3.70. The van der Waals surface area contributed by atoms with Crippen molar-refractivity contribution in [3.8, 4) is 0 Å². The van der Waals surface area contributed by atoms with Gasteiger partial charge in [0, 0.05) is 25.1 Å². The molecule has 0 atom stereocenters. The summed E-state index contributed by atoms with van der Waals surface area (Å²) in [4.78, 5) is 12.2. The van der Waals surface area contributed by atoms with Crippen LogP contribution in [0.15, 0.2) is 61.7 Å². The Morgan fingerprint density at radius 2 is 1.83 bits per heavy atom. The van der Waals surface area contributed by atoms with Gasteiger partial charge in [-0.2, -0.15) is 5.10 Å². The van der Waals surface area contributed by atoms with Crippen molar-refractivity contribution >= 4 is 61.3 Å². The van der Waals surface area contributed by atoms with E-state index in [4.69, 9.17) is 16.8 Å². The van der Waals surface area contributed by atoms with Crippen molar-refractivity contribution in [1.82, 2.24) is 5.43 Å². The molecule has 0 heterocycles. The average molecular weight is 460 g/mol. The van der Waals surface area contributed by atoms with Gasteiger partial charge in [-0.1, -0.05) is 60.7 Å². The van der Waals surface area contributed by atoms with E-state index in [0.717, 1.165) is 15.2 Å². The standard InChI is InChI=1S/C15H10Br2ClN3O2/c16-11-4-10(5-12(17)7-11)15(22)21-20-14(8-19-23)9-2-1-3-13(18)6-9/h1-8,23H,(H,21,22). The Morgan fingerprint density at radius 3 is 2.43 bits per heavy atom. The van der Waals surface area contributed by atoms with Gasteiger partial charge >= 0.3 is 0 Å². The van der Waals surface area contributed by atoms with E-state index >= 15 is 0 Å². The van der Waals surface area contributed by atoms with Gasteiger partial charge in [0.25, 0.3) is 5.91 Å². The van der Waals surface area contributed by atoms with Crippen molar-refractivity contribution in [2.75, 3.05) is 0 Å². The summed E-state index contributed by atoms with van der Waals surface area (Å²) in [7, 11) is 0. The first-order valence-corrected chi connectivity index (χ1v) is 8.23. The number of nitrogens with zero attached hydrogens (tertiary/aromatic N) is 2. The predicted octanol–water partition coefficient (Wildman–Crippen LogP) is 4.46. The molecule has 118 valence electrons. The van der Waals surface area contributed by atoms with Gasteiger partial charge in [-0.15, -0.1) is 0 Å². The van der Waals surface area contributed by atoms with E-state index in [1.54, 1.807) is 36.4 Å². The van der Waals surface area contributed by atoms with E-state index in [2.05, 4.69) is 47.5 Å². The monoisotopic (exact) mass is 457 g/mol. The summed E-state index contributed by atoms with van der Waals surface area (Å²) in [5.74, 6) is -0.405. The van der Waals surface area contributed by atoms with Gasteiger partial charge in [0.2, 0.25) is 0 Å². The van der Waals surface area contributed by atoms with Crippen LogP contribution in [-0.4, -0.2) is 23.0 Å². The average Bonchev–Trinajstić information content (AvgIpc) is 2.50. The van der Waals surface area contributed by atoms with E-state index in [0.29, 0.717) is 16.1 Å². The lowest BCUT2D eigenvalue weighted by molar-refractivity contribution is 0.0955. The summed E-state index contributed by atoms with van der Waals surface area (Å²) in [6, 6.07) is 11.9. The number of carbonyl (C=O) groups is 1. The molecule has 5 nitrogen and oxygen atoms in total. The van der Waals surface area contributed by atoms with Crippen molar-refractivity contribution in [2.24, 2.45) is 10.3 Å². The Hall–Kier alpha value is -1.70. The topological polar surface area (TPSA) is 74.0 Å². The second-order valence-electron chi connectivity index (χ2n) is 4.35. The molecule has 0 aliphatic heterocycles. The van der Waals surface area contributed by atoms with E-state index < -0.39 is 5.91 Å². The van der Waals surface area contributed by atoms with Crippen LogP contribution in [0, 0.1) is 0 Å². The summed E-state index contributed by atoms with van der Waals surface area (Å²) in [6.45, 7) is 0. The molecular weight excluding hydrogens is 449 g/mol. The van der Waals surface area contributed by atoms with Crippen LogP contribution in [-0.2, 0) is 0 Å². The van der Waals surface area contributed by atoms with Crippen molar-refractivity contribution in [2.45, 2.75) is 0 Å². The molecule has 0 aliphatic rings. The number of carbonyl (C=O) groups excluding carboxylic acids is 1. The summed E-state index contributed by atoms with van der Waals surface area (Å²) in [6.07, 6.45) is 1.11. The van der Waals surface area contributed by atoms with Crippen LogP contribution in [0.25, 0.3) is 0 Å². The van der Waals surface area contributed by atoms with Crippen molar-refractivity contribution in [1.29, 1.82) is 0 Å². The van der Waals surface area contributed by atoms with Gasteiger partial charge in [-0.3, -0.25) is 4.79 Å². The second kappa shape index (κ2) is 8.24. The van der Waals surface area contributed by atoms with Crippen LogP contribution in [0.2, 0.25) is 5.02 Å². The van der Waals surface area contributed by atoms with Gasteiger partial charge in [0.1, 0.15) is 5.71 Å². The minimum atomic E-state index is -0.405. The highest BCUT2D eigenvalue weighted by Crippen LogP contribution is 2.20. The molecule has 0 fully saturated rings. The summed E-state index contributed by atoms with van der Waals surface area (Å²) >= 11 is 12.6. The Balaban J connectivity index is 2.25. The first kappa shape index (κ1) is 17.7. The third-order valence-electron chi connectivity index (χ3n) is 2.70. The van der Waals surface area contributed by atoms with Gasteiger partial charge in [0.15, 0.2) is 0 Å². The van der Waals surface area contributed by atoms with E-state index in [-0.39, 0.29) is 5.71 Å². The zero-order chi connectivity index (χ0) is 16.8. The molecule has 2 aromatic carbocycles. The molecular formula is C15H10Br2ClN3O2. The molecule has 2 N–H and O–H groups in total. The van der Waals surface area contributed by atoms with E-state index in [1.165, 1.54) is 0 Å².